The fourth-order valence-electron chi connectivity index (χ4n) is 1.22. The molecule has 1 aromatic carbocycles. The van der Waals surface area contributed by atoms with E-state index < -0.39 is 0 Å². The Morgan fingerprint density at radius 3 is 2.53 bits per heavy atom. The van der Waals surface area contributed by atoms with Gasteiger partial charge in [-0.1, -0.05) is 13.3 Å². The molecule has 0 aromatic heterocycles. The second-order valence-corrected chi connectivity index (χ2v) is 4.22. The molecule has 82 valence electrons. The number of unbranched alkanes of at least 4 members (excludes halogenated alkanes) is 1. The zero-order valence-electron chi connectivity index (χ0n) is 9.25. The van der Waals surface area contributed by atoms with Gasteiger partial charge in [-0.25, -0.2) is 0 Å². The van der Waals surface area contributed by atoms with E-state index in [1.807, 2.05) is 30.5 Å². The lowest BCUT2D eigenvalue weighted by atomic mass is 10.2. The molecule has 0 saturated heterocycles. The minimum absolute atomic E-state index is 0.0242. The van der Waals surface area contributed by atoms with Crippen molar-refractivity contribution in [1.29, 1.82) is 0 Å². The van der Waals surface area contributed by atoms with Gasteiger partial charge < -0.3 is 5.32 Å². The first-order valence-electron chi connectivity index (χ1n) is 5.20. The Morgan fingerprint density at radius 2 is 2.00 bits per heavy atom. The van der Waals surface area contributed by atoms with Crippen LogP contribution in [0, 0.1) is 0 Å². The number of amides is 1. The van der Waals surface area contributed by atoms with E-state index in [9.17, 15) is 4.79 Å². The van der Waals surface area contributed by atoms with E-state index >= 15 is 0 Å². The van der Waals surface area contributed by atoms with Crippen molar-refractivity contribution in [3.63, 3.8) is 0 Å². The van der Waals surface area contributed by atoms with Gasteiger partial charge in [0.2, 0.25) is 0 Å². The molecule has 0 radical (unpaired) electrons. The van der Waals surface area contributed by atoms with E-state index in [0.29, 0.717) is 0 Å². The third-order valence-corrected chi connectivity index (χ3v) is 2.91. The molecule has 3 heteroatoms. The molecule has 0 fully saturated rings. The molecular formula is C12H17NOS. The Hall–Kier alpha value is -0.960. The van der Waals surface area contributed by atoms with Gasteiger partial charge in [0.05, 0.1) is 0 Å². The highest BCUT2D eigenvalue weighted by Crippen LogP contribution is 2.14. The van der Waals surface area contributed by atoms with Crippen LogP contribution in [-0.4, -0.2) is 18.7 Å². The number of carbonyl (C=O) groups excluding carboxylic acids is 1. The van der Waals surface area contributed by atoms with E-state index in [-0.39, 0.29) is 5.91 Å². The van der Waals surface area contributed by atoms with Gasteiger partial charge in [0, 0.05) is 17.0 Å². The van der Waals surface area contributed by atoms with Crippen LogP contribution >= 0.6 is 11.8 Å². The molecular weight excluding hydrogens is 206 g/mol. The predicted octanol–water partition coefficient (Wildman–Crippen LogP) is 2.94. The second kappa shape index (κ2) is 6.51. The van der Waals surface area contributed by atoms with Gasteiger partial charge in [0.1, 0.15) is 0 Å². The molecule has 0 saturated carbocycles. The summed E-state index contributed by atoms with van der Waals surface area (Å²) >= 11 is 1.68. The number of rotatable bonds is 5. The van der Waals surface area contributed by atoms with Crippen molar-refractivity contribution in [1.82, 2.24) is 5.32 Å². The second-order valence-electron chi connectivity index (χ2n) is 3.34. The van der Waals surface area contributed by atoms with Crippen molar-refractivity contribution >= 4 is 17.7 Å². The molecule has 15 heavy (non-hydrogen) atoms. The van der Waals surface area contributed by atoms with Crippen LogP contribution < -0.4 is 5.32 Å². The number of hydrogen-bond donors (Lipinski definition) is 1. The molecule has 0 bridgehead atoms. The Labute approximate surface area is 95.5 Å². The average molecular weight is 223 g/mol. The SMILES string of the molecule is CCCCNC(=O)c1ccc(SC)cc1. The van der Waals surface area contributed by atoms with Crippen LogP contribution in [0.5, 0.6) is 0 Å². The lowest BCUT2D eigenvalue weighted by Crippen LogP contribution is -2.24. The monoisotopic (exact) mass is 223 g/mol. The molecule has 2 nitrogen and oxygen atoms in total. The summed E-state index contributed by atoms with van der Waals surface area (Å²) < 4.78 is 0. The van der Waals surface area contributed by atoms with E-state index in [1.165, 1.54) is 4.90 Å². The largest absolute Gasteiger partial charge is 0.352 e. The van der Waals surface area contributed by atoms with E-state index in [2.05, 4.69) is 12.2 Å². The van der Waals surface area contributed by atoms with Crippen LogP contribution in [0.1, 0.15) is 30.1 Å². The van der Waals surface area contributed by atoms with Crippen molar-refractivity contribution in [2.45, 2.75) is 24.7 Å². The molecule has 0 aliphatic heterocycles. The first-order valence-corrected chi connectivity index (χ1v) is 6.42. The summed E-state index contributed by atoms with van der Waals surface area (Å²) in [7, 11) is 0. The van der Waals surface area contributed by atoms with Crippen molar-refractivity contribution in [2.75, 3.05) is 12.8 Å². The first kappa shape index (κ1) is 12.1. The van der Waals surface area contributed by atoms with Gasteiger partial charge in [-0.15, -0.1) is 11.8 Å². The summed E-state index contributed by atoms with van der Waals surface area (Å²) in [5, 5.41) is 2.89. The fraction of sp³-hybridized carbons (Fsp3) is 0.417. The Kier molecular flexibility index (Phi) is 5.26. The highest BCUT2D eigenvalue weighted by molar-refractivity contribution is 7.98. The zero-order chi connectivity index (χ0) is 11.1. The van der Waals surface area contributed by atoms with Gasteiger partial charge >= 0.3 is 0 Å². The van der Waals surface area contributed by atoms with Crippen LogP contribution in [0.15, 0.2) is 29.2 Å². The van der Waals surface area contributed by atoms with Crippen LogP contribution in [0.3, 0.4) is 0 Å². The molecule has 1 rings (SSSR count). The van der Waals surface area contributed by atoms with E-state index in [0.717, 1.165) is 24.9 Å². The summed E-state index contributed by atoms with van der Waals surface area (Å²) in [6.45, 7) is 2.87. The third kappa shape index (κ3) is 3.96. The molecule has 1 aromatic rings. The molecule has 0 aliphatic carbocycles. The zero-order valence-corrected chi connectivity index (χ0v) is 10.1. The van der Waals surface area contributed by atoms with Crippen molar-refractivity contribution in [3.8, 4) is 0 Å². The molecule has 0 heterocycles. The number of benzene rings is 1. The summed E-state index contributed by atoms with van der Waals surface area (Å²) in [4.78, 5) is 12.8. The molecule has 0 unspecified atom stereocenters. The maximum absolute atomic E-state index is 11.6. The standard InChI is InChI=1S/C12H17NOS/c1-3-4-9-13-12(14)10-5-7-11(15-2)8-6-10/h5-8H,3-4,9H2,1-2H3,(H,13,14). The third-order valence-electron chi connectivity index (χ3n) is 2.17. The van der Waals surface area contributed by atoms with Gasteiger partial charge in [-0.3, -0.25) is 4.79 Å². The molecule has 0 spiro atoms. The summed E-state index contributed by atoms with van der Waals surface area (Å²) in [5.74, 6) is 0.0242. The van der Waals surface area contributed by atoms with Crippen molar-refractivity contribution in [3.05, 3.63) is 29.8 Å². The summed E-state index contributed by atoms with van der Waals surface area (Å²) in [6.07, 6.45) is 4.16. The van der Waals surface area contributed by atoms with Crippen molar-refractivity contribution < 1.29 is 4.79 Å². The number of hydrogen-bond acceptors (Lipinski definition) is 2. The average Bonchev–Trinajstić information content (AvgIpc) is 2.29. The van der Waals surface area contributed by atoms with Crippen LogP contribution in [-0.2, 0) is 0 Å². The lowest BCUT2D eigenvalue weighted by molar-refractivity contribution is 0.0953. The van der Waals surface area contributed by atoms with Crippen LogP contribution in [0.25, 0.3) is 0 Å². The highest BCUT2D eigenvalue weighted by Gasteiger charge is 2.03. The van der Waals surface area contributed by atoms with Gasteiger partial charge in [0.25, 0.3) is 5.91 Å². The smallest absolute Gasteiger partial charge is 0.251 e. The Balaban J connectivity index is 2.50. The minimum atomic E-state index is 0.0242. The van der Waals surface area contributed by atoms with E-state index in [4.69, 9.17) is 0 Å². The molecule has 0 atom stereocenters. The summed E-state index contributed by atoms with van der Waals surface area (Å²) in [6, 6.07) is 7.68. The normalized spacial score (nSPS) is 10.0. The topological polar surface area (TPSA) is 29.1 Å². The van der Waals surface area contributed by atoms with Crippen LogP contribution in [0.4, 0.5) is 0 Å². The maximum atomic E-state index is 11.6. The number of thioether (sulfide) groups is 1. The quantitative estimate of drug-likeness (QED) is 0.614. The van der Waals surface area contributed by atoms with Crippen molar-refractivity contribution in [2.24, 2.45) is 0 Å². The summed E-state index contributed by atoms with van der Waals surface area (Å²) in [5.41, 5.74) is 0.740. The Bertz CT molecular complexity index is 308. The highest BCUT2D eigenvalue weighted by atomic mass is 32.2. The first-order chi connectivity index (χ1) is 7.27. The van der Waals surface area contributed by atoms with Crippen LogP contribution in [0.2, 0.25) is 0 Å². The molecule has 0 aliphatic rings. The number of carbonyl (C=O) groups is 1. The van der Waals surface area contributed by atoms with Gasteiger partial charge in [0.15, 0.2) is 0 Å². The molecule has 1 amide bonds. The maximum Gasteiger partial charge on any atom is 0.251 e. The fourth-order valence-corrected chi connectivity index (χ4v) is 1.63. The lowest BCUT2D eigenvalue weighted by Gasteiger charge is -2.04. The van der Waals surface area contributed by atoms with E-state index in [1.54, 1.807) is 11.8 Å². The van der Waals surface area contributed by atoms with Gasteiger partial charge in [-0.2, -0.15) is 0 Å². The Morgan fingerprint density at radius 1 is 1.33 bits per heavy atom. The predicted molar refractivity (Wildman–Crippen MR) is 65.5 cm³/mol. The van der Waals surface area contributed by atoms with Gasteiger partial charge in [-0.05, 0) is 36.9 Å². The number of nitrogens with one attached hydrogen (secondary N) is 1. The minimum Gasteiger partial charge on any atom is -0.352 e. The molecule has 1 N–H and O–H groups in total.